The largest absolute Gasteiger partial charge is 0.337 e. The second-order valence-corrected chi connectivity index (χ2v) is 10.8. The van der Waals surface area contributed by atoms with Gasteiger partial charge in [0.2, 0.25) is 5.91 Å². The minimum atomic E-state index is -3.90. The Morgan fingerprint density at radius 3 is 2.80 bits per heavy atom. The number of hydrogen-bond acceptors (Lipinski definition) is 5. The van der Waals surface area contributed by atoms with Crippen molar-refractivity contribution >= 4 is 60.6 Å². The third-order valence-electron chi connectivity index (χ3n) is 4.82. The molecule has 0 aliphatic carbocycles. The Morgan fingerprint density at radius 1 is 1.23 bits per heavy atom. The Hall–Kier alpha value is -2.15. The molecule has 1 aliphatic heterocycles. The highest BCUT2D eigenvalue weighted by atomic mass is 35.5. The van der Waals surface area contributed by atoms with E-state index < -0.39 is 16.1 Å². The zero-order valence-corrected chi connectivity index (χ0v) is 18.6. The fourth-order valence-corrected chi connectivity index (χ4v) is 6.75. The van der Waals surface area contributed by atoms with Crippen LogP contribution in [0.4, 0.5) is 0 Å². The van der Waals surface area contributed by atoms with Gasteiger partial charge in [0.25, 0.3) is 10.0 Å². The first-order valence-corrected chi connectivity index (χ1v) is 12.0. The maximum Gasteiger partial charge on any atom is 0.250 e. The lowest BCUT2D eigenvalue weighted by Gasteiger charge is -2.17. The van der Waals surface area contributed by atoms with Gasteiger partial charge in [-0.15, -0.1) is 11.3 Å². The number of hydrogen-bond donors (Lipinski definition) is 1. The number of amides is 1. The Morgan fingerprint density at radius 2 is 2.03 bits per heavy atom. The molecule has 0 radical (unpaired) electrons. The average molecular weight is 480 g/mol. The molecule has 4 rings (SSSR count). The molecule has 1 aliphatic rings. The molecule has 1 N–H and O–H groups in total. The molecule has 1 aromatic heterocycles. The standard InChI is InChI=1S/C20H15Cl2N3O3S2/c21-14-7-16(22)15-9-19(29-18(15)8-14)30(27,28)24-17-4-5-25(20(17)26)11-13-3-1-2-12(6-13)10-23/h1-3,6-9,17,24H,4-5,11H2. The molecule has 6 nitrogen and oxygen atoms in total. The van der Waals surface area contributed by atoms with Gasteiger partial charge < -0.3 is 4.90 Å². The van der Waals surface area contributed by atoms with E-state index in [1.807, 2.05) is 6.07 Å². The molecule has 2 heterocycles. The maximum atomic E-state index is 12.9. The molecule has 1 saturated heterocycles. The first-order valence-electron chi connectivity index (χ1n) is 8.95. The lowest BCUT2D eigenvalue weighted by molar-refractivity contribution is -0.129. The van der Waals surface area contributed by atoms with Crippen LogP contribution in [0, 0.1) is 11.3 Å². The van der Waals surface area contributed by atoms with Crippen molar-refractivity contribution in [1.82, 2.24) is 9.62 Å². The van der Waals surface area contributed by atoms with Crippen molar-refractivity contribution in [3.63, 3.8) is 0 Å². The SMILES string of the molecule is N#Cc1cccc(CN2CCC(NS(=O)(=O)c3cc4c(Cl)cc(Cl)cc4s3)C2=O)c1. The molecular formula is C20H15Cl2N3O3S2. The van der Waals surface area contributed by atoms with Crippen molar-refractivity contribution in [1.29, 1.82) is 5.26 Å². The summed E-state index contributed by atoms with van der Waals surface area (Å²) < 4.78 is 29.0. The summed E-state index contributed by atoms with van der Waals surface area (Å²) in [5, 5.41) is 10.4. The second kappa shape index (κ2) is 8.17. The Kier molecular flexibility index (Phi) is 5.75. The van der Waals surface area contributed by atoms with Crippen LogP contribution in [0.5, 0.6) is 0 Å². The van der Waals surface area contributed by atoms with Crippen molar-refractivity contribution < 1.29 is 13.2 Å². The van der Waals surface area contributed by atoms with Crippen molar-refractivity contribution in [2.75, 3.05) is 6.54 Å². The van der Waals surface area contributed by atoms with E-state index in [0.29, 0.717) is 45.2 Å². The molecule has 1 amide bonds. The van der Waals surface area contributed by atoms with Crippen molar-refractivity contribution in [2.24, 2.45) is 0 Å². The summed E-state index contributed by atoms with van der Waals surface area (Å²) in [4.78, 5) is 14.3. The summed E-state index contributed by atoms with van der Waals surface area (Å²) in [6, 6.07) is 12.9. The van der Waals surface area contributed by atoms with Crippen LogP contribution in [-0.2, 0) is 21.4 Å². The van der Waals surface area contributed by atoms with Crippen molar-refractivity contribution in [2.45, 2.75) is 23.2 Å². The smallest absolute Gasteiger partial charge is 0.250 e. The number of nitrogens with one attached hydrogen (secondary N) is 1. The molecule has 3 aromatic rings. The van der Waals surface area contributed by atoms with Gasteiger partial charge in [0, 0.05) is 28.2 Å². The van der Waals surface area contributed by atoms with Crippen molar-refractivity contribution in [3.05, 3.63) is 63.6 Å². The molecule has 30 heavy (non-hydrogen) atoms. The Balaban J connectivity index is 1.51. The van der Waals surface area contributed by atoms with Crippen LogP contribution in [0.15, 0.2) is 46.7 Å². The van der Waals surface area contributed by atoms with Crippen LogP contribution in [0.25, 0.3) is 10.1 Å². The predicted molar refractivity (Wildman–Crippen MR) is 117 cm³/mol. The first kappa shape index (κ1) is 21.1. The van der Waals surface area contributed by atoms with E-state index in [1.165, 1.54) is 6.07 Å². The molecule has 1 unspecified atom stereocenters. The molecule has 154 valence electrons. The highest BCUT2D eigenvalue weighted by Crippen LogP contribution is 2.36. The molecule has 2 aromatic carbocycles. The fourth-order valence-electron chi connectivity index (χ4n) is 3.38. The molecule has 10 heteroatoms. The van der Waals surface area contributed by atoms with E-state index >= 15 is 0 Å². The van der Waals surface area contributed by atoms with Gasteiger partial charge in [0.05, 0.1) is 16.7 Å². The highest BCUT2D eigenvalue weighted by molar-refractivity contribution is 7.91. The molecule has 0 saturated carbocycles. The lowest BCUT2D eigenvalue weighted by atomic mass is 10.1. The number of nitrogens with zero attached hydrogens (tertiary/aromatic N) is 2. The molecule has 0 spiro atoms. The Labute approximate surface area is 187 Å². The summed E-state index contributed by atoms with van der Waals surface area (Å²) >= 11 is 13.2. The number of nitriles is 1. The monoisotopic (exact) mass is 479 g/mol. The normalized spacial score (nSPS) is 16.9. The van der Waals surface area contributed by atoms with Crippen LogP contribution < -0.4 is 4.72 Å². The van der Waals surface area contributed by atoms with Crippen molar-refractivity contribution in [3.8, 4) is 6.07 Å². The number of likely N-dealkylation sites (tertiary alicyclic amines) is 1. The van der Waals surface area contributed by atoms with Gasteiger partial charge in [0.1, 0.15) is 10.3 Å². The van der Waals surface area contributed by atoms with Gasteiger partial charge in [-0.05, 0) is 42.3 Å². The number of carbonyl (C=O) groups is 1. The van der Waals surface area contributed by atoms with Gasteiger partial charge in [-0.2, -0.15) is 9.98 Å². The maximum absolute atomic E-state index is 12.9. The summed E-state index contributed by atoms with van der Waals surface area (Å²) in [7, 11) is -3.90. The molecule has 1 fully saturated rings. The first-order chi connectivity index (χ1) is 14.3. The van der Waals surface area contributed by atoms with Gasteiger partial charge >= 0.3 is 0 Å². The highest BCUT2D eigenvalue weighted by Gasteiger charge is 2.35. The fraction of sp³-hybridized carbons (Fsp3) is 0.200. The predicted octanol–water partition coefficient (Wildman–Crippen LogP) is 4.16. The zero-order valence-electron chi connectivity index (χ0n) is 15.4. The van der Waals surface area contributed by atoms with E-state index in [0.717, 1.165) is 16.9 Å². The summed E-state index contributed by atoms with van der Waals surface area (Å²) in [6.45, 7) is 0.750. The number of sulfonamides is 1. The topological polar surface area (TPSA) is 90.3 Å². The zero-order chi connectivity index (χ0) is 21.5. The molecular weight excluding hydrogens is 465 g/mol. The number of benzene rings is 2. The van der Waals surface area contributed by atoms with E-state index in [4.69, 9.17) is 28.5 Å². The summed E-state index contributed by atoms with van der Waals surface area (Å²) in [5.41, 5.74) is 1.34. The number of rotatable bonds is 5. The third-order valence-corrected chi connectivity index (χ3v) is 8.38. The minimum Gasteiger partial charge on any atom is -0.337 e. The lowest BCUT2D eigenvalue weighted by Crippen LogP contribution is -2.41. The van der Waals surface area contributed by atoms with Gasteiger partial charge in [-0.1, -0.05) is 35.3 Å². The number of carbonyl (C=O) groups excluding carboxylic acids is 1. The minimum absolute atomic E-state index is 0.0784. The van der Waals surface area contributed by atoms with Crippen LogP contribution in [-0.4, -0.2) is 31.8 Å². The summed E-state index contributed by atoms with van der Waals surface area (Å²) in [6.07, 6.45) is 0.369. The van der Waals surface area contributed by atoms with Gasteiger partial charge in [0.15, 0.2) is 0 Å². The van der Waals surface area contributed by atoms with Crippen LogP contribution in [0.1, 0.15) is 17.5 Å². The quantitative estimate of drug-likeness (QED) is 0.594. The second-order valence-electron chi connectivity index (χ2n) is 6.90. The van der Waals surface area contributed by atoms with E-state index in [2.05, 4.69) is 10.8 Å². The van der Waals surface area contributed by atoms with E-state index in [1.54, 1.807) is 35.2 Å². The van der Waals surface area contributed by atoms with Crippen LogP contribution in [0.2, 0.25) is 10.0 Å². The van der Waals surface area contributed by atoms with E-state index in [-0.39, 0.29) is 10.1 Å². The van der Waals surface area contributed by atoms with E-state index in [9.17, 15) is 13.2 Å². The van der Waals surface area contributed by atoms with Gasteiger partial charge in [-0.3, -0.25) is 4.79 Å². The summed E-state index contributed by atoms with van der Waals surface area (Å²) in [5.74, 6) is -0.289. The third kappa shape index (κ3) is 4.17. The van der Waals surface area contributed by atoms with Crippen LogP contribution in [0.3, 0.4) is 0 Å². The number of thiophene rings is 1. The molecule has 1 atom stereocenters. The number of halogens is 2. The van der Waals surface area contributed by atoms with Crippen LogP contribution >= 0.6 is 34.5 Å². The Bertz CT molecular complexity index is 1300. The average Bonchev–Trinajstić information content (AvgIpc) is 3.28. The van der Waals surface area contributed by atoms with Gasteiger partial charge in [-0.25, -0.2) is 8.42 Å². The number of fused-ring (bicyclic) bond motifs is 1. The molecule has 0 bridgehead atoms.